The van der Waals surface area contributed by atoms with Gasteiger partial charge in [-0.25, -0.2) is 4.98 Å². The molecule has 162 valence electrons. The Labute approximate surface area is 180 Å². The molecule has 0 saturated carbocycles. The number of rotatable bonds is 7. The van der Waals surface area contributed by atoms with Gasteiger partial charge in [-0.15, -0.1) is 0 Å². The first-order valence-electron chi connectivity index (χ1n) is 10.3. The number of carbonyl (C=O) groups is 2. The Morgan fingerprint density at radius 3 is 2.90 bits per heavy atom. The number of nitrogens with zero attached hydrogens (tertiary/aromatic N) is 3. The summed E-state index contributed by atoms with van der Waals surface area (Å²) in [5.74, 6) is 1.46. The lowest BCUT2D eigenvalue weighted by molar-refractivity contribution is -0.131. The number of benzene rings is 1. The zero-order chi connectivity index (χ0) is 21.8. The summed E-state index contributed by atoms with van der Waals surface area (Å²) in [5, 5.41) is 14.2. The summed E-state index contributed by atoms with van der Waals surface area (Å²) in [6.45, 7) is 3.29. The normalized spacial score (nSPS) is 15.8. The number of fused-ring (bicyclic) bond motifs is 1. The van der Waals surface area contributed by atoms with Crippen LogP contribution in [0, 0.1) is 0 Å². The average molecular weight is 422 g/mol. The van der Waals surface area contributed by atoms with E-state index in [1.165, 1.54) is 6.92 Å². The van der Waals surface area contributed by atoms with Gasteiger partial charge in [0, 0.05) is 43.7 Å². The van der Waals surface area contributed by atoms with Crippen molar-refractivity contribution in [1.29, 1.82) is 0 Å². The lowest BCUT2D eigenvalue weighted by Crippen LogP contribution is -2.38. The fourth-order valence-electron chi connectivity index (χ4n) is 3.85. The molecule has 2 aromatic heterocycles. The maximum atomic E-state index is 12.2. The molecule has 1 aliphatic heterocycles. The van der Waals surface area contributed by atoms with Crippen LogP contribution in [0.25, 0.3) is 11.0 Å². The molecule has 9 nitrogen and oxygen atoms in total. The molecule has 1 aromatic carbocycles. The van der Waals surface area contributed by atoms with Crippen LogP contribution in [0.15, 0.2) is 36.4 Å². The van der Waals surface area contributed by atoms with Crippen LogP contribution < -0.4 is 15.4 Å². The number of aromatic nitrogens is 3. The highest BCUT2D eigenvalue weighted by atomic mass is 16.5. The van der Waals surface area contributed by atoms with Gasteiger partial charge >= 0.3 is 0 Å². The second kappa shape index (κ2) is 9.03. The number of amides is 2. The first kappa shape index (κ1) is 20.6. The van der Waals surface area contributed by atoms with Crippen LogP contribution in [0.2, 0.25) is 0 Å². The number of pyridine rings is 1. The summed E-state index contributed by atoms with van der Waals surface area (Å²) in [4.78, 5) is 29.8. The Morgan fingerprint density at radius 2 is 2.10 bits per heavy atom. The molecule has 3 heterocycles. The number of anilines is 1. The van der Waals surface area contributed by atoms with E-state index in [1.54, 1.807) is 12.0 Å². The second-order valence-electron chi connectivity index (χ2n) is 7.60. The third-order valence-electron chi connectivity index (χ3n) is 5.53. The van der Waals surface area contributed by atoms with Crippen molar-refractivity contribution >= 4 is 28.7 Å². The Morgan fingerprint density at radius 1 is 1.26 bits per heavy atom. The van der Waals surface area contributed by atoms with Crippen molar-refractivity contribution in [2.24, 2.45) is 0 Å². The molecule has 3 N–H and O–H groups in total. The Kier molecular flexibility index (Phi) is 6.01. The molecule has 0 bridgehead atoms. The zero-order valence-electron chi connectivity index (χ0n) is 17.6. The molecule has 4 rings (SSSR count). The Bertz CT molecular complexity index is 1100. The minimum atomic E-state index is -0.203. The van der Waals surface area contributed by atoms with E-state index in [4.69, 9.17) is 9.72 Å². The van der Waals surface area contributed by atoms with Crippen molar-refractivity contribution in [2.45, 2.75) is 25.8 Å². The molecule has 1 atom stereocenters. The predicted molar refractivity (Wildman–Crippen MR) is 117 cm³/mol. The Hall–Kier alpha value is -3.62. The lowest BCUT2D eigenvalue weighted by Gasteiger charge is -2.16. The number of methoxy groups -OCH3 is 1. The smallest absolute Gasteiger partial charge is 0.241 e. The summed E-state index contributed by atoms with van der Waals surface area (Å²) >= 11 is 0. The monoisotopic (exact) mass is 422 g/mol. The minimum Gasteiger partial charge on any atom is -0.496 e. The fraction of sp³-hybridized carbons (Fsp3) is 0.364. The van der Waals surface area contributed by atoms with E-state index < -0.39 is 0 Å². The topological polar surface area (TPSA) is 112 Å². The van der Waals surface area contributed by atoms with Crippen molar-refractivity contribution in [3.63, 3.8) is 0 Å². The number of nitrogens with one attached hydrogen (secondary N) is 3. The SMILES string of the molecule is COc1ccccc1CNc1n[nH]c2nc(C3CCN(C(=O)CNC(C)=O)C3)ccc12. The average Bonchev–Trinajstić information content (AvgIpc) is 3.43. The largest absolute Gasteiger partial charge is 0.496 e. The number of carbonyl (C=O) groups excluding carboxylic acids is 2. The molecule has 0 spiro atoms. The molecule has 0 radical (unpaired) electrons. The molecular weight excluding hydrogens is 396 g/mol. The van der Waals surface area contributed by atoms with Gasteiger partial charge in [0.1, 0.15) is 5.75 Å². The molecular formula is C22H26N6O3. The van der Waals surface area contributed by atoms with Crippen molar-refractivity contribution in [1.82, 2.24) is 25.4 Å². The van der Waals surface area contributed by atoms with Gasteiger partial charge in [-0.3, -0.25) is 14.7 Å². The van der Waals surface area contributed by atoms with Gasteiger partial charge in [-0.1, -0.05) is 18.2 Å². The molecule has 1 fully saturated rings. The molecule has 31 heavy (non-hydrogen) atoms. The van der Waals surface area contributed by atoms with Crippen LogP contribution in [-0.2, 0) is 16.1 Å². The fourth-order valence-corrected chi connectivity index (χ4v) is 3.85. The van der Waals surface area contributed by atoms with E-state index >= 15 is 0 Å². The number of hydrogen-bond donors (Lipinski definition) is 3. The molecule has 0 aliphatic carbocycles. The number of likely N-dealkylation sites (tertiary alicyclic amines) is 1. The summed E-state index contributed by atoms with van der Waals surface area (Å²) < 4.78 is 5.40. The summed E-state index contributed by atoms with van der Waals surface area (Å²) in [6.07, 6.45) is 0.845. The van der Waals surface area contributed by atoms with Crippen LogP contribution in [0.3, 0.4) is 0 Å². The summed E-state index contributed by atoms with van der Waals surface area (Å²) in [7, 11) is 1.66. The van der Waals surface area contributed by atoms with E-state index in [0.717, 1.165) is 34.6 Å². The predicted octanol–water partition coefficient (Wildman–Crippen LogP) is 2.03. The van der Waals surface area contributed by atoms with Crippen molar-refractivity contribution < 1.29 is 14.3 Å². The molecule has 9 heteroatoms. The maximum absolute atomic E-state index is 12.2. The van der Waals surface area contributed by atoms with Crippen molar-refractivity contribution in [2.75, 3.05) is 32.1 Å². The van der Waals surface area contributed by atoms with Gasteiger partial charge < -0.3 is 20.3 Å². The minimum absolute atomic E-state index is 0.0380. The number of H-pyrrole nitrogens is 1. The van der Waals surface area contributed by atoms with E-state index in [-0.39, 0.29) is 24.3 Å². The highest BCUT2D eigenvalue weighted by Gasteiger charge is 2.28. The first-order chi connectivity index (χ1) is 15.0. The van der Waals surface area contributed by atoms with E-state index in [9.17, 15) is 9.59 Å². The third-order valence-corrected chi connectivity index (χ3v) is 5.53. The van der Waals surface area contributed by atoms with Crippen LogP contribution in [0.4, 0.5) is 5.82 Å². The van der Waals surface area contributed by atoms with Gasteiger partial charge in [0.25, 0.3) is 0 Å². The van der Waals surface area contributed by atoms with Gasteiger partial charge in [0.2, 0.25) is 11.8 Å². The van der Waals surface area contributed by atoms with Gasteiger partial charge in [-0.05, 0) is 24.6 Å². The highest BCUT2D eigenvalue weighted by molar-refractivity contribution is 5.87. The lowest BCUT2D eigenvalue weighted by atomic mass is 10.0. The molecule has 1 unspecified atom stereocenters. The van der Waals surface area contributed by atoms with Gasteiger partial charge in [0.15, 0.2) is 11.5 Å². The van der Waals surface area contributed by atoms with E-state index in [2.05, 4.69) is 20.8 Å². The molecule has 1 aliphatic rings. The molecule has 2 amide bonds. The first-order valence-corrected chi connectivity index (χ1v) is 10.3. The second-order valence-corrected chi connectivity index (χ2v) is 7.60. The van der Waals surface area contributed by atoms with E-state index in [0.29, 0.717) is 25.3 Å². The maximum Gasteiger partial charge on any atom is 0.241 e. The van der Waals surface area contributed by atoms with Gasteiger partial charge in [0.05, 0.1) is 19.0 Å². The summed E-state index contributed by atoms with van der Waals surface area (Å²) in [6, 6.07) is 11.9. The number of ether oxygens (including phenoxy) is 1. The Balaban J connectivity index is 1.42. The zero-order valence-corrected chi connectivity index (χ0v) is 17.6. The third kappa shape index (κ3) is 4.60. The number of para-hydroxylation sites is 1. The highest BCUT2D eigenvalue weighted by Crippen LogP contribution is 2.29. The quantitative estimate of drug-likeness (QED) is 0.537. The van der Waals surface area contributed by atoms with Crippen LogP contribution in [0.1, 0.15) is 30.5 Å². The van der Waals surface area contributed by atoms with Crippen LogP contribution in [-0.4, -0.2) is 58.6 Å². The number of hydrogen-bond acceptors (Lipinski definition) is 6. The molecule has 3 aromatic rings. The summed E-state index contributed by atoms with van der Waals surface area (Å²) in [5.41, 5.74) is 2.69. The van der Waals surface area contributed by atoms with Gasteiger partial charge in [-0.2, -0.15) is 5.10 Å². The van der Waals surface area contributed by atoms with Crippen LogP contribution in [0.5, 0.6) is 5.75 Å². The molecule has 1 saturated heterocycles. The number of aromatic amines is 1. The van der Waals surface area contributed by atoms with Crippen molar-refractivity contribution in [3.8, 4) is 5.75 Å². The van der Waals surface area contributed by atoms with E-state index in [1.807, 2.05) is 36.4 Å². The van der Waals surface area contributed by atoms with Crippen LogP contribution >= 0.6 is 0 Å². The van der Waals surface area contributed by atoms with Crippen molar-refractivity contribution in [3.05, 3.63) is 47.7 Å². The standard InChI is InChI=1S/C22H26N6O3/c1-14(29)23-12-20(30)28-10-9-16(13-28)18-8-7-17-21(26-27-22(17)25-18)24-11-15-5-3-4-6-19(15)31-2/h3-8,16H,9-13H2,1-2H3,(H,23,29)(H2,24,25,26,27).